The topological polar surface area (TPSA) is 106 Å². The highest BCUT2D eigenvalue weighted by Crippen LogP contribution is 2.35. The van der Waals surface area contributed by atoms with Gasteiger partial charge in [-0.05, 0) is 68.9 Å². The number of hydrogen-bond donors (Lipinski definition) is 4. The molecule has 11 heteroatoms. The predicted octanol–water partition coefficient (Wildman–Crippen LogP) is 4.87. The molecule has 0 bridgehead atoms. The highest BCUT2D eigenvalue weighted by molar-refractivity contribution is 7.99. The number of aromatic nitrogens is 5. The van der Waals surface area contributed by atoms with Gasteiger partial charge in [0.1, 0.15) is 11.2 Å². The molecule has 1 aliphatic rings. The molecule has 9 nitrogen and oxygen atoms in total. The second kappa shape index (κ2) is 10.8. The minimum Gasteiger partial charge on any atom is -0.396 e. The van der Waals surface area contributed by atoms with Gasteiger partial charge in [0, 0.05) is 72.3 Å². The smallest absolute Gasteiger partial charge is 0.214 e. The summed E-state index contributed by atoms with van der Waals surface area (Å²) in [5, 5.41) is 28.7. The molecule has 200 valence electrons. The van der Waals surface area contributed by atoms with Crippen molar-refractivity contribution in [1.29, 1.82) is 0 Å². The Morgan fingerprint density at radius 1 is 1.26 bits per heavy atom. The maximum Gasteiger partial charge on any atom is 0.214 e. The van der Waals surface area contributed by atoms with E-state index in [4.69, 9.17) is 4.98 Å². The summed E-state index contributed by atoms with van der Waals surface area (Å²) < 4.78 is 16.4. The molecular weight excluding hydrogens is 503 g/mol. The van der Waals surface area contributed by atoms with Gasteiger partial charge in [-0.25, -0.2) is 13.9 Å². The molecule has 38 heavy (non-hydrogen) atoms. The van der Waals surface area contributed by atoms with Crippen LogP contribution in [0.25, 0.3) is 5.52 Å². The third kappa shape index (κ3) is 6.01. The second-order valence-corrected chi connectivity index (χ2v) is 11.3. The van der Waals surface area contributed by atoms with E-state index in [1.807, 2.05) is 55.6 Å². The molecule has 0 radical (unpaired) electrons. The van der Waals surface area contributed by atoms with Crippen LogP contribution >= 0.6 is 11.8 Å². The first-order valence-electron chi connectivity index (χ1n) is 12.6. The number of H-pyrrole nitrogens is 1. The van der Waals surface area contributed by atoms with Crippen LogP contribution in [-0.2, 0) is 0 Å². The van der Waals surface area contributed by atoms with Crippen LogP contribution < -0.4 is 10.6 Å². The van der Waals surface area contributed by atoms with Crippen LogP contribution in [0.3, 0.4) is 0 Å². The van der Waals surface area contributed by atoms with Gasteiger partial charge in [0.2, 0.25) is 5.16 Å². The number of benzene rings is 1. The van der Waals surface area contributed by atoms with Crippen molar-refractivity contribution in [3.8, 4) is 0 Å². The van der Waals surface area contributed by atoms with Gasteiger partial charge in [0.25, 0.3) is 0 Å². The van der Waals surface area contributed by atoms with Crippen LogP contribution in [-0.4, -0.2) is 66.7 Å². The number of anilines is 3. The van der Waals surface area contributed by atoms with Crippen molar-refractivity contribution in [2.24, 2.45) is 11.8 Å². The van der Waals surface area contributed by atoms with Crippen LogP contribution in [0, 0.1) is 18.8 Å². The molecule has 0 unspecified atom stereocenters. The van der Waals surface area contributed by atoms with Gasteiger partial charge in [0.15, 0.2) is 11.6 Å². The largest absolute Gasteiger partial charge is 0.396 e. The molecule has 1 fully saturated rings. The Morgan fingerprint density at radius 2 is 2.05 bits per heavy atom. The van der Waals surface area contributed by atoms with Gasteiger partial charge < -0.3 is 15.7 Å². The van der Waals surface area contributed by atoms with Gasteiger partial charge in [-0.3, -0.25) is 10.00 Å². The van der Waals surface area contributed by atoms with Crippen molar-refractivity contribution < 1.29 is 9.50 Å². The summed E-state index contributed by atoms with van der Waals surface area (Å²) in [6.45, 7) is 11.1. The lowest BCUT2D eigenvalue weighted by molar-refractivity contribution is 0.0778. The second-order valence-electron chi connectivity index (χ2n) is 10.3. The quantitative estimate of drug-likeness (QED) is 0.228. The summed E-state index contributed by atoms with van der Waals surface area (Å²) in [6.07, 6.45) is 1.89. The fraction of sp³-hybridized carbons (Fsp3) is 0.370. The Kier molecular flexibility index (Phi) is 7.42. The van der Waals surface area contributed by atoms with Gasteiger partial charge >= 0.3 is 0 Å². The minimum absolute atomic E-state index is 0.00519. The maximum absolute atomic E-state index is 14.6. The Hall–Kier alpha value is -3.41. The van der Waals surface area contributed by atoms with E-state index in [0.29, 0.717) is 36.4 Å². The first-order valence-corrected chi connectivity index (χ1v) is 13.4. The molecule has 4 heterocycles. The lowest BCUT2D eigenvalue weighted by atomic mass is 9.84. The zero-order valence-electron chi connectivity index (χ0n) is 21.8. The van der Waals surface area contributed by atoms with E-state index in [0.717, 1.165) is 27.5 Å². The normalized spacial score (nSPS) is 18.2. The maximum atomic E-state index is 14.6. The number of halogens is 1. The average molecular weight is 537 g/mol. The summed E-state index contributed by atoms with van der Waals surface area (Å²) in [5.74, 6) is 1.12. The Labute approximate surface area is 225 Å². The van der Waals surface area contributed by atoms with Crippen LogP contribution in [0.2, 0.25) is 0 Å². The fourth-order valence-corrected chi connectivity index (χ4v) is 5.68. The van der Waals surface area contributed by atoms with Crippen molar-refractivity contribution in [2.45, 2.75) is 36.5 Å². The summed E-state index contributed by atoms with van der Waals surface area (Å²) in [4.78, 5) is 7.87. The molecule has 0 aliphatic carbocycles. The number of nitrogens with one attached hydrogen (secondary N) is 3. The number of aliphatic hydroxyl groups excluding tert-OH is 1. The molecule has 0 saturated carbocycles. The number of fused-ring (bicyclic) bond motifs is 1. The Bertz CT molecular complexity index is 1410. The summed E-state index contributed by atoms with van der Waals surface area (Å²) in [6, 6.07) is 13.8. The van der Waals surface area contributed by atoms with Crippen molar-refractivity contribution in [1.82, 2.24) is 29.7 Å². The zero-order valence-corrected chi connectivity index (χ0v) is 22.6. The summed E-state index contributed by atoms with van der Waals surface area (Å²) in [5.41, 5.74) is 2.23. The number of aliphatic hydroxyl groups is 1. The molecule has 5 rings (SSSR count). The van der Waals surface area contributed by atoms with Crippen molar-refractivity contribution in [3.63, 3.8) is 0 Å². The average Bonchev–Trinajstić information content (AvgIpc) is 3.60. The first-order chi connectivity index (χ1) is 18.2. The van der Waals surface area contributed by atoms with Crippen molar-refractivity contribution in [2.75, 3.05) is 36.9 Å². The fourth-order valence-electron chi connectivity index (χ4n) is 4.93. The number of aromatic amines is 1. The van der Waals surface area contributed by atoms with Crippen LogP contribution in [0.4, 0.5) is 21.7 Å². The molecule has 1 aromatic carbocycles. The SMILES string of the molecule is C=C(CN1C[C@H](CO)[C@@H](C(C)(C)F)C1)Nc1ccc(Sc2nc(Nc3cc(C)[nH]n3)c3cccn3n2)cc1. The summed E-state index contributed by atoms with van der Waals surface area (Å²) >= 11 is 1.47. The number of alkyl halides is 1. The molecule has 2 atom stereocenters. The highest BCUT2D eigenvalue weighted by Gasteiger charge is 2.42. The number of rotatable bonds is 10. The van der Waals surface area contributed by atoms with E-state index in [-0.39, 0.29) is 18.4 Å². The zero-order chi connectivity index (χ0) is 26.9. The number of hydrogen-bond acceptors (Lipinski definition) is 8. The van der Waals surface area contributed by atoms with Crippen LogP contribution in [0.15, 0.2) is 71.0 Å². The first kappa shape index (κ1) is 26.2. The van der Waals surface area contributed by atoms with E-state index >= 15 is 0 Å². The van der Waals surface area contributed by atoms with Gasteiger partial charge in [-0.2, -0.15) is 5.10 Å². The lowest BCUT2D eigenvalue weighted by Gasteiger charge is -2.26. The minimum atomic E-state index is -1.32. The Balaban J connectivity index is 1.21. The predicted molar refractivity (Wildman–Crippen MR) is 149 cm³/mol. The standard InChI is InChI=1S/C27H33FN8OS/c1-17-12-24(33-32-17)30-25-23-6-5-11-36(23)34-26(31-25)38-21-9-7-20(8-10-21)29-18(2)13-35-14-19(16-37)22(15-35)27(3,4)28/h5-12,19,22,29,37H,2,13-16H2,1,3-4H3,(H2,30,31,32,33,34)/t19-,22+/m1/s1. The Morgan fingerprint density at radius 3 is 2.71 bits per heavy atom. The van der Waals surface area contributed by atoms with E-state index < -0.39 is 5.67 Å². The van der Waals surface area contributed by atoms with Crippen molar-refractivity contribution in [3.05, 3.63) is 66.6 Å². The van der Waals surface area contributed by atoms with E-state index in [1.165, 1.54) is 11.8 Å². The molecule has 0 spiro atoms. The van der Waals surface area contributed by atoms with E-state index in [2.05, 4.69) is 37.4 Å². The van der Waals surface area contributed by atoms with Gasteiger partial charge in [-0.1, -0.05) is 6.58 Å². The molecule has 1 aliphatic heterocycles. The monoisotopic (exact) mass is 536 g/mol. The molecule has 4 aromatic rings. The van der Waals surface area contributed by atoms with Gasteiger partial charge in [0.05, 0.1) is 0 Å². The third-order valence-electron chi connectivity index (χ3n) is 6.76. The number of likely N-dealkylation sites (tertiary alicyclic amines) is 1. The molecule has 0 amide bonds. The molecule has 4 N–H and O–H groups in total. The van der Waals surface area contributed by atoms with Crippen LogP contribution in [0.5, 0.6) is 0 Å². The molecule has 3 aromatic heterocycles. The van der Waals surface area contributed by atoms with E-state index in [9.17, 15) is 9.50 Å². The van der Waals surface area contributed by atoms with Gasteiger partial charge in [-0.15, -0.1) is 5.10 Å². The molecule has 1 saturated heterocycles. The third-order valence-corrected chi connectivity index (χ3v) is 7.62. The van der Waals surface area contributed by atoms with Crippen LogP contribution in [0.1, 0.15) is 19.5 Å². The van der Waals surface area contributed by atoms with Crippen molar-refractivity contribution >= 4 is 34.6 Å². The molecular formula is C27H33FN8OS. The number of aryl methyl sites for hydroxylation is 1. The number of nitrogens with zero attached hydrogens (tertiary/aromatic N) is 5. The summed E-state index contributed by atoms with van der Waals surface area (Å²) in [7, 11) is 0. The van der Waals surface area contributed by atoms with E-state index in [1.54, 1.807) is 18.4 Å². The highest BCUT2D eigenvalue weighted by atomic mass is 32.2. The lowest BCUT2D eigenvalue weighted by Crippen LogP contribution is -2.34.